The number of nitrogens with one attached hydrogen (secondary N) is 1. The van der Waals surface area contributed by atoms with Crippen molar-refractivity contribution in [3.05, 3.63) is 0 Å². The molecule has 1 heterocycles. The van der Waals surface area contributed by atoms with Gasteiger partial charge < -0.3 is 15.3 Å². The van der Waals surface area contributed by atoms with E-state index in [-0.39, 0.29) is 24.3 Å². The van der Waals surface area contributed by atoms with Gasteiger partial charge in [-0.25, -0.2) is 0 Å². The van der Waals surface area contributed by atoms with E-state index >= 15 is 0 Å². The van der Waals surface area contributed by atoms with Crippen molar-refractivity contribution in [2.75, 3.05) is 19.6 Å². The maximum Gasteiger partial charge on any atom is 0.305 e. The molecule has 0 saturated carbocycles. The van der Waals surface area contributed by atoms with E-state index in [1.54, 1.807) is 11.8 Å². The van der Waals surface area contributed by atoms with Crippen molar-refractivity contribution in [3.8, 4) is 0 Å². The lowest BCUT2D eigenvalue weighted by molar-refractivity contribution is -0.142. The van der Waals surface area contributed by atoms with Gasteiger partial charge in [0.25, 0.3) is 0 Å². The molecular formula is C12H22N2O3. The number of carbonyl (C=O) groups is 2. The molecule has 17 heavy (non-hydrogen) atoms. The van der Waals surface area contributed by atoms with Crippen LogP contribution in [0.25, 0.3) is 0 Å². The monoisotopic (exact) mass is 242 g/mol. The minimum Gasteiger partial charge on any atom is -0.481 e. The van der Waals surface area contributed by atoms with Gasteiger partial charge in [0, 0.05) is 19.1 Å². The summed E-state index contributed by atoms with van der Waals surface area (Å²) in [6.45, 7) is 7.87. The number of carbonyl (C=O) groups excluding carboxylic acids is 1. The number of carboxylic acid groups (broad SMARTS) is 1. The summed E-state index contributed by atoms with van der Waals surface area (Å²) in [7, 11) is 0. The molecule has 98 valence electrons. The second-order valence-corrected chi connectivity index (χ2v) is 4.81. The molecule has 0 aromatic rings. The van der Waals surface area contributed by atoms with Crippen LogP contribution in [0.3, 0.4) is 0 Å². The molecule has 1 fully saturated rings. The van der Waals surface area contributed by atoms with E-state index in [9.17, 15) is 9.59 Å². The van der Waals surface area contributed by atoms with E-state index in [4.69, 9.17) is 5.11 Å². The summed E-state index contributed by atoms with van der Waals surface area (Å²) in [4.78, 5) is 24.7. The predicted octanol–water partition coefficient (Wildman–Crippen LogP) is 0.554. The summed E-state index contributed by atoms with van der Waals surface area (Å²) in [5.74, 6) is -0.458. The normalized spacial score (nSPS) is 25.6. The molecule has 3 atom stereocenters. The lowest BCUT2D eigenvalue weighted by atomic mass is 9.96. The number of amides is 1. The maximum absolute atomic E-state index is 12.3. The first-order chi connectivity index (χ1) is 7.97. The molecule has 1 rings (SSSR count). The number of nitrogens with zero attached hydrogens (tertiary/aromatic N) is 1. The summed E-state index contributed by atoms with van der Waals surface area (Å²) in [5.41, 5.74) is 0. The van der Waals surface area contributed by atoms with Crippen LogP contribution in [-0.4, -0.2) is 47.6 Å². The minimum atomic E-state index is -0.860. The van der Waals surface area contributed by atoms with Crippen molar-refractivity contribution in [2.24, 2.45) is 11.8 Å². The first kappa shape index (κ1) is 14.0. The number of hydrogen-bond donors (Lipinski definition) is 2. The van der Waals surface area contributed by atoms with Gasteiger partial charge in [-0.1, -0.05) is 6.92 Å². The highest BCUT2D eigenvalue weighted by Gasteiger charge is 2.34. The standard InChI is InChI=1S/C12H22N2O3/c1-4-14(9(3)5-11(15)16)12(17)10-7-13-6-8(10)2/h8-10,13H,4-7H2,1-3H3,(H,15,16)/t8-,9?,10-/m1/s1. The highest BCUT2D eigenvalue weighted by atomic mass is 16.4. The van der Waals surface area contributed by atoms with Crippen LogP contribution in [-0.2, 0) is 9.59 Å². The van der Waals surface area contributed by atoms with E-state index in [1.807, 2.05) is 6.92 Å². The second kappa shape index (κ2) is 6.00. The first-order valence-corrected chi connectivity index (χ1v) is 6.20. The largest absolute Gasteiger partial charge is 0.481 e. The fourth-order valence-corrected chi connectivity index (χ4v) is 2.40. The fourth-order valence-electron chi connectivity index (χ4n) is 2.40. The van der Waals surface area contributed by atoms with E-state index in [0.29, 0.717) is 19.0 Å². The molecule has 0 aliphatic carbocycles. The first-order valence-electron chi connectivity index (χ1n) is 6.20. The Bertz CT molecular complexity index is 293. The number of hydrogen-bond acceptors (Lipinski definition) is 3. The minimum absolute atomic E-state index is 0.00805. The molecule has 0 spiro atoms. The van der Waals surface area contributed by atoms with Crippen molar-refractivity contribution in [1.29, 1.82) is 0 Å². The summed E-state index contributed by atoms with van der Waals surface area (Å²) in [6.07, 6.45) is 0.00805. The van der Waals surface area contributed by atoms with Crippen LogP contribution in [0, 0.1) is 11.8 Å². The molecule has 1 aliphatic rings. The average molecular weight is 242 g/mol. The molecule has 0 aromatic carbocycles. The molecule has 5 heteroatoms. The van der Waals surface area contributed by atoms with E-state index < -0.39 is 5.97 Å². The van der Waals surface area contributed by atoms with E-state index in [0.717, 1.165) is 6.54 Å². The molecule has 5 nitrogen and oxygen atoms in total. The molecular weight excluding hydrogens is 220 g/mol. The Morgan fingerprint density at radius 2 is 2.12 bits per heavy atom. The van der Waals surface area contributed by atoms with Gasteiger partial charge in [0.15, 0.2) is 0 Å². The number of carboxylic acids is 1. The third-order valence-corrected chi connectivity index (χ3v) is 3.46. The van der Waals surface area contributed by atoms with Crippen molar-refractivity contribution in [2.45, 2.75) is 33.2 Å². The Labute approximate surface area is 102 Å². The Morgan fingerprint density at radius 1 is 1.47 bits per heavy atom. The van der Waals surface area contributed by atoms with Gasteiger partial charge in [-0.05, 0) is 26.3 Å². The molecule has 0 radical (unpaired) electrons. The highest BCUT2D eigenvalue weighted by molar-refractivity contribution is 5.80. The Kier molecular flexibility index (Phi) is 4.93. The zero-order valence-corrected chi connectivity index (χ0v) is 10.8. The topological polar surface area (TPSA) is 69.6 Å². The summed E-state index contributed by atoms with van der Waals surface area (Å²) in [5, 5.41) is 12.0. The summed E-state index contributed by atoms with van der Waals surface area (Å²) in [6, 6.07) is -0.238. The zero-order chi connectivity index (χ0) is 13.0. The SMILES string of the molecule is CCN(C(=O)[C@@H]1CNC[C@H]1C)C(C)CC(=O)O. The van der Waals surface area contributed by atoms with Gasteiger partial charge in [-0.15, -0.1) is 0 Å². The van der Waals surface area contributed by atoms with Crippen molar-refractivity contribution in [1.82, 2.24) is 10.2 Å². The van der Waals surface area contributed by atoms with Crippen LogP contribution >= 0.6 is 0 Å². The van der Waals surface area contributed by atoms with Gasteiger partial charge in [0.1, 0.15) is 0 Å². The lowest BCUT2D eigenvalue weighted by Crippen LogP contribution is -2.44. The predicted molar refractivity (Wildman–Crippen MR) is 64.6 cm³/mol. The molecule has 1 unspecified atom stereocenters. The van der Waals surface area contributed by atoms with Crippen LogP contribution in [0.5, 0.6) is 0 Å². The molecule has 1 saturated heterocycles. The Hall–Kier alpha value is -1.10. The fraction of sp³-hybridized carbons (Fsp3) is 0.833. The Morgan fingerprint density at radius 3 is 2.53 bits per heavy atom. The van der Waals surface area contributed by atoms with Crippen LogP contribution < -0.4 is 5.32 Å². The second-order valence-electron chi connectivity index (χ2n) is 4.81. The van der Waals surface area contributed by atoms with Gasteiger partial charge in [0.05, 0.1) is 12.3 Å². The van der Waals surface area contributed by atoms with Crippen molar-refractivity contribution in [3.63, 3.8) is 0 Å². The van der Waals surface area contributed by atoms with Crippen LogP contribution in [0.2, 0.25) is 0 Å². The quantitative estimate of drug-likeness (QED) is 0.739. The highest BCUT2D eigenvalue weighted by Crippen LogP contribution is 2.20. The maximum atomic E-state index is 12.3. The van der Waals surface area contributed by atoms with Crippen LogP contribution in [0.4, 0.5) is 0 Å². The zero-order valence-electron chi connectivity index (χ0n) is 10.8. The number of rotatable bonds is 5. The van der Waals surface area contributed by atoms with Crippen molar-refractivity contribution < 1.29 is 14.7 Å². The number of aliphatic carboxylic acids is 1. The molecule has 0 bridgehead atoms. The van der Waals surface area contributed by atoms with Crippen molar-refractivity contribution >= 4 is 11.9 Å². The summed E-state index contributed by atoms with van der Waals surface area (Å²) < 4.78 is 0. The summed E-state index contributed by atoms with van der Waals surface area (Å²) >= 11 is 0. The third kappa shape index (κ3) is 3.43. The van der Waals surface area contributed by atoms with Gasteiger partial charge in [-0.2, -0.15) is 0 Å². The van der Waals surface area contributed by atoms with Crippen LogP contribution in [0.1, 0.15) is 27.2 Å². The van der Waals surface area contributed by atoms with E-state index in [1.165, 1.54) is 0 Å². The molecule has 0 aromatic heterocycles. The molecule has 1 aliphatic heterocycles. The molecule has 1 amide bonds. The van der Waals surface area contributed by atoms with Gasteiger partial charge >= 0.3 is 5.97 Å². The smallest absolute Gasteiger partial charge is 0.305 e. The lowest BCUT2D eigenvalue weighted by Gasteiger charge is -2.30. The average Bonchev–Trinajstić information content (AvgIpc) is 2.64. The molecule has 2 N–H and O–H groups in total. The third-order valence-electron chi connectivity index (χ3n) is 3.46. The van der Waals surface area contributed by atoms with Gasteiger partial charge in [-0.3, -0.25) is 9.59 Å². The van der Waals surface area contributed by atoms with Crippen LogP contribution in [0.15, 0.2) is 0 Å². The van der Waals surface area contributed by atoms with Gasteiger partial charge in [0.2, 0.25) is 5.91 Å². The Balaban J connectivity index is 2.66. The van der Waals surface area contributed by atoms with E-state index in [2.05, 4.69) is 12.2 Å².